The average molecular weight is 377 g/mol. The Bertz CT molecular complexity index is 964. The first-order chi connectivity index (χ1) is 12.7. The normalized spacial score (nSPS) is 11.6. The number of alkyl halides is 3. The van der Waals surface area contributed by atoms with Gasteiger partial charge in [0, 0.05) is 24.4 Å². The monoisotopic (exact) mass is 377 g/mol. The Balaban J connectivity index is 2.16. The lowest BCUT2D eigenvalue weighted by Crippen LogP contribution is -2.12. The van der Waals surface area contributed by atoms with E-state index in [2.05, 4.69) is 5.10 Å². The van der Waals surface area contributed by atoms with Crippen LogP contribution in [0.1, 0.15) is 18.2 Å². The van der Waals surface area contributed by atoms with Crippen molar-refractivity contribution in [1.29, 1.82) is 0 Å². The number of aromatic hydroxyl groups is 1. The SMILES string of the molecule is CCc1ccc(Oc2c(-c3ccc(O)cc3N)nn(C)c2C(F)(F)F)cc1. The highest BCUT2D eigenvalue weighted by molar-refractivity contribution is 5.79. The van der Waals surface area contributed by atoms with Crippen LogP contribution in [0.2, 0.25) is 0 Å². The van der Waals surface area contributed by atoms with E-state index >= 15 is 0 Å². The van der Waals surface area contributed by atoms with Gasteiger partial charge in [0.25, 0.3) is 0 Å². The molecule has 0 saturated heterocycles. The first kappa shape index (κ1) is 18.6. The number of hydrogen-bond donors (Lipinski definition) is 2. The van der Waals surface area contributed by atoms with Gasteiger partial charge in [0.1, 0.15) is 17.2 Å². The van der Waals surface area contributed by atoms with E-state index in [4.69, 9.17) is 10.5 Å². The fraction of sp³-hybridized carbons (Fsp3) is 0.211. The van der Waals surface area contributed by atoms with Gasteiger partial charge < -0.3 is 15.6 Å². The van der Waals surface area contributed by atoms with Crippen LogP contribution in [-0.4, -0.2) is 14.9 Å². The van der Waals surface area contributed by atoms with E-state index in [1.807, 2.05) is 6.92 Å². The van der Waals surface area contributed by atoms with Crippen molar-refractivity contribution in [3.8, 4) is 28.5 Å². The molecule has 3 aromatic rings. The molecule has 0 aliphatic carbocycles. The van der Waals surface area contributed by atoms with E-state index in [1.54, 1.807) is 24.3 Å². The van der Waals surface area contributed by atoms with Gasteiger partial charge in [0.2, 0.25) is 0 Å². The topological polar surface area (TPSA) is 73.3 Å². The van der Waals surface area contributed by atoms with Crippen LogP contribution in [0.15, 0.2) is 42.5 Å². The molecule has 8 heteroatoms. The maximum absolute atomic E-state index is 13.6. The number of phenolic OH excluding ortho intramolecular Hbond substituents is 1. The van der Waals surface area contributed by atoms with Gasteiger partial charge in [-0.15, -0.1) is 0 Å². The molecule has 0 spiro atoms. The standard InChI is InChI=1S/C19H18F3N3O2/c1-3-11-4-7-13(8-5-11)27-17-16(14-9-6-12(26)10-15(14)23)24-25(2)18(17)19(20,21)22/h4-10,26H,3,23H2,1-2H3. The Kier molecular flexibility index (Phi) is 4.73. The number of hydrogen-bond acceptors (Lipinski definition) is 4. The summed E-state index contributed by atoms with van der Waals surface area (Å²) >= 11 is 0. The zero-order valence-electron chi connectivity index (χ0n) is 14.7. The van der Waals surface area contributed by atoms with Crippen molar-refractivity contribution in [1.82, 2.24) is 9.78 Å². The van der Waals surface area contributed by atoms with Crippen LogP contribution in [0.3, 0.4) is 0 Å². The number of nitrogens with two attached hydrogens (primary N) is 1. The van der Waals surface area contributed by atoms with Gasteiger partial charge in [-0.1, -0.05) is 19.1 Å². The molecule has 0 unspecified atom stereocenters. The summed E-state index contributed by atoms with van der Waals surface area (Å²) in [6, 6.07) is 10.8. The van der Waals surface area contributed by atoms with E-state index in [0.717, 1.165) is 16.7 Å². The van der Waals surface area contributed by atoms with Crippen molar-refractivity contribution >= 4 is 5.69 Å². The van der Waals surface area contributed by atoms with Crippen molar-refractivity contribution in [3.63, 3.8) is 0 Å². The summed E-state index contributed by atoms with van der Waals surface area (Å²) in [5.74, 6) is -0.281. The lowest BCUT2D eigenvalue weighted by atomic mass is 10.1. The smallest absolute Gasteiger partial charge is 0.436 e. The predicted octanol–water partition coefficient (Wildman–Crippen LogP) is 4.75. The fourth-order valence-electron chi connectivity index (χ4n) is 2.77. The molecule has 0 saturated carbocycles. The molecule has 3 rings (SSSR count). The van der Waals surface area contributed by atoms with Crippen molar-refractivity contribution in [2.75, 3.05) is 5.73 Å². The van der Waals surface area contributed by atoms with Gasteiger partial charge in [-0.2, -0.15) is 18.3 Å². The fourth-order valence-corrected chi connectivity index (χ4v) is 2.77. The second kappa shape index (κ2) is 6.86. The predicted molar refractivity (Wildman–Crippen MR) is 95.6 cm³/mol. The third-order valence-corrected chi connectivity index (χ3v) is 4.11. The molecule has 5 nitrogen and oxygen atoms in total. The minimum absolute atomic E-state index is 0.0538. The third kappa shape index (κ3) is 3.69. The average Bonchev–Trinajstić information content (AvgIpc) is 2.91. The molecular weight excluding hydrogens is 359 g/mol. The number of halogens is 3. The maximum Gasteiger partial charge on any atom is 0.436 e. The molecule has 0 atom stereocenters. The third-order valence-electron chi connectivity index (χ3n) is 4.11. The van der Waals surface area contributed by atoms with Crippen LogP contribution >= 0.6 is 0 Å². The first-order valence-corrected chi connectivity index (χ1v) is 8.20. The molecule has 0 bridgehead atoms. The van der Waals surface area contributed by atoms with Gasteiger partial charge in [-0.25, -0.2) is 0 Å². The van der Waals surface area contributed by atoms with Crippen LogP contribution in [0.25, 0.3) is 11.3 Å². The molecule has 0 aliphatic rings. The highest BCUT2D eigenvalue weighted by atomic mass is 19.4. The summed E-state index contributed by atoms with van der Waals surface area (Å²) in [4.78, 5) is 0. The van der Waals surface area contributed by atoms with Crippen molar-refractivity contribution in [3.05, 3.63) is 53.7 Å². The zero-order valence-corrected chi connectivity index (χ0v) is 14.7. The summed E-state index contributed by atoms with van der Waals surface area (Å²) in [6.07, 6.45) is -3.87. The minimum atomic E-state index is -4.68. The van der Waals surface area contributed by atoms with E-state index in [-0.39, 0.29) is 28.4 Å². The Morgan fingerprint density at radius 3 is 2.37 bits per heavy atom. The second-order valence-corrected chi connectivity index (χ2v) is 6.02. The molecular formula is C19H18F3N3O2. The summed E-state index contributed by atoms with van der Waals surface area (Å²) < 4.78 is 47.2. The largest absolute Gasteiger partial charge is 0.508 e. The quantitative estimate of drug-likeness (QED) is 0.644. The highest BCUT2D eigenvalue weighted by Crippen LogP contribution is 2.45. The lowest BCUT2D eigenvalue weighted by Gasteiger charge is -2.12. The number of anilines is 1. The Labute approximate surface area is 153 Å². The zero-order chi connectivity index (χ0) is 19.8. The number of benzene rings is 2. The van der Waals surface area contributed by atoms with Crippen LogP contribution in [0, 0.1) is 0 Å². The van der Waals surface area contributed by atoms with Crippen LogP contribution in [0.5, 0.6) is 17.2 Å². The molecule has 1 aromatic heterocycles. The van der Waals surface area contributed by atoms with Gasteiger partial charge in [-0.05, 0) is 36.2 Å². The number of nitrogens with zero attached hydrogens (tertiary/aromatic N) is 2. The molecule has 1 heterocycles. The molecule has 3 N–H and O–H groups in total. The highest BCUT2D eigenvalue weighted by Gasteiger charge is 2.41. The first-order valence-electron chi connectivity index (χ1n) is 8.20. The van der Waals surface area contributed by atoms with Gasteiger partial charge in [0.15, 0.2) is 11.4 Å². The molecule has 27 heavy (non-hydrogen) atoms. The number of ether oxygens (including phenoxy) is 1. The molecule has 0 fully saturated rings. The Morgan fingerprint density at radius 1 is 1.15 bits per heavy atom. The second-order valence-electron chi connectivity index (χ2n) is 6.02. The molecule has 142 valence electrons. The van der Waals surface area contributed by atoms with Crippen LogP contribution in [0.4, 0.5) is 18.9 Å². The van der Waals surface area contributed by atoms with E-state index in [1.165, 1.54) is 25.2 Å². The van der Waals surface area contributed by atoms with E-state index < -0.39 is 17.6 Å². The lowest BCUT2D eigenvalue weighted by molar-refractivity contribution is -0.144. The van der Waals surface area contributed by atoms with Gasteiger partial charge >= 0.3 is 6.18 Å². The van der Waals surface area contributed by atoms with E-state index in [0.29, 0.717) is 0 Å². The van der Waals surface area contributed by atoms with Gasteiger partial charge in [0.05, 0.1) is 0 Å². The Morgan fingerprint density at radius 2 is 1.81 bits per heavy atom. The molecule has 0 aliphatic heterocycles. The number of phenols is 1. The number of aryl methyl sites for hydroxylation is 2. The molecule has 0 radical (unpaired) electrons. The number of nitrogen functional groups attached to an aromatic ring is 1. The minimum Gasteiger partial charge on any atom is -0.508 e. The van der Waals surface area contributed by atoms with Crippen molar-refractivity contribution in [2.24, 2.45) is 7.05 Å². The Hall–Kier alpha value is -3.16. The molecule has 2 aromatic carbocycles. The van der Waals surface area contributed by atoms with Crippen molar-refractivity contribution < 1.29 is 23.0 Å². The summed E-state index contributed by atoms with van der Waals surface area (Å²) in [6.45, 7) is 1.98. The van der Waals surface area contributed by atoms with Crippen molar-refractivity contribution in [2.45, 2.75) is 19.5 Å². The maximum atomic E-state index is 13.6. The van der Waals surface area contributed by atoms with Crippen LogP contribution < -0.4 is 10.5 Å². The number of aromatic nitrogens is 2. The summed E-state index contributed by atoms with van der Waals surface area (Å²) in [5.41, 5.74) is 6.16. The van der Waals surface area contributed by atoms with Gasteiger partial charge in [-0.3, -0.25) is 4.68 Å². The summed E-state index contributed by atoms with van der Waals surface area (Å²) in [5, 5.41) is 13.5. The van der Waals surface area contributed by atoms with E-state index in [9.17, 15) is 18.3 Å². The summed E-state index contributed by atoms with van der Waals surface area (Å²) in [7, 11) is 1.19. The van der Waals surface area contributed by atoms with Crippen LogP contribution in [-0.2, 0) is 19.6 Å². The number of rotatable bonds is 4. The molecule has 0 amide bonds.